The van der Waals surface area contributed by atoms with Gasteiger partial charge in [0.2, 0.25) is 11.8 Å². The van der Waals surface area contributed by atoms with Gasteiger partial charge < -0.3 is 19.6 Å². The van der Waals surface area contributed by atoms with Crippen molar-refractivity contribution in [3.8, 4) is 11.5 Å². The molecule has 2 amide bonds. The topological polar surface area (TPSA) is 70.1 Å². The molecule has 2 aromatic rings. The van der Waals surface area contributed by atoms with E-state index in [1.807, 2.05) is 37.3 Å². The lowest BCUT2D eigenvalue weighted by Crippen LogP contribution is -2.34. The summed E-state index contributed by atoms with van der Waals surface area (Å²) in [5, 5.41) is 9.91. The average molecular weight is 368 g/mol. The maximum Gasteiger partial charge on any atom is 0.228 e. The van der Waals surface area contributed by atoms with E-state index in [2.05, 4.69) is 0 Å². The predicted molar refractivity (Wildman–Crippen MR) is 103 cm³/mol. The highest BCUT2D eigenvalue weighted by atomic mass is 16.5. The molecule has 1 N–H and O–H groups in total. The van der Waals surface area contributed by atoms with Crippen LogP contribution in [-0.4, -0.2) is 42.0 Å². The number of amides is 2. The third-order valence-corrected chi connectivity index (χ3v) is 4.71. The zero-order valence-corrected chi connectivity index (χ0v) is 15.6. The summed E-state index contributed by atoms with van der Waals surface area (Å²) in [5.41, 5.74) is 1.37. The summed E-state index contributed by atoms with van der Waals surface area (Å²) in [6, 6.07) is 14.3. The van der Waals surface area contributed by atoms with E-state index in [9.17, 15) is 14.7 Å². The number of phenols is 1. The molecule has 0 radical (unpaired) electrons. The number of anilines is 1. The molecule has 27 heavy (non-hydrogen) atoms. The summed E-state index contributed by atoms with van der Waals surface area (Å²) >= 11 is 0. The molecule has 1 aliphatic rings. The zero-order chi connectivity index (χ0) is 19.4. The van der Waals surface area contributed by atoms with E-state index in [4.69, 9.17) is 4.74 Å². The van der Waals surface area contributed by atoms with Crippen LogP contribution in [0, 0.1) is 5.92 Å². The molecule has 1 aliphatic heterocycles. The van der Waals surface area contributed by atoms with Crippen molar-refractivity contribution in [3.05, 3.63) is 54.1 Å². The van der Waals surface area contributed by atoms with Gasteiger partial charge in [-0.15, -0.1) is 0 Å². The maximum atomic E-state index is 12.8. The molecule has 6 nitrogen and oxygen atoms in total. The first-order valence-corrected chi connectivity index (χ1v) is 9.05. The molecule has 3 rings (SSSR count). The molecule has 142 valence electrons. The third-order valence-electron chi connectivity index (χ3n) is 4.71. The van der Waals surface area contributed by atoms with Crippen LogP contribution in [0.1, 0.15) is 18.9 Å². The summed E-state index contributed by atoms with van der Waals surface area (Å²) in [4.78, 5) is 28.6. The smallest absolute Gasteiger partial charge is 0.228 e. The average Bonchev–Trinajstić information content (AvgIpc) is 3.05. The minimum absolute atomic E-state index is 0.0866. The molecule has 1 fully saturated rings. The number of hydrogen-bond donors (Lipinski definition) is 1. The normalized spacial score (nSPS) is 16.4. The van der Waals surface area contributed by atoms with Crippen molar-refractivity contribution in [2.45, 2.75) is 19.9 Å². The number of carbonyl (C=O) groups excluding carboxylic acids is 2. The van der Waals surface area contributed by atoms with Crippen molar-refractivity contribution >= 4 is 17.5 Å². The third kappa shape index (κ3) is 4.05. The molecule has 0 saturated carbocycles. The monoisotopic (exact) mass is 368 g/mol. The van der Waals surface area contributed by atoms with Gasteiger partial charge in [0.15, 0.2) is 0 Å². The summed E-state index contributed by atoms with van der Waals surface area (Å²) < 4.78 is 5.62. The van der Waals surface area contributed by atoms with Gasteiger partial charge >= 0.3 is 0 Å². The van der Waals surface area contributed by atoms with Crippen LogP contribution in [0.2, 0.25) is 0 Å². The van der Waals surface area contributed by atoms with Gasteiger partial charge in [-0.25, -0.2) is 0 Å². The van der Waals surface area contributed by atoms with Crippen LogP contribution < -0.4 is 9.64 Å². The standard InChI is InChI=1S/C21H24N2O4/c1-3-27-19-11-7-5-9-17(19)23-14-16(12-20(23)25)21(26)22(2)13-15-8-4-6-10-18(15)24/h4-11,16,24H,3,12-14H2,1-2H3. The number of rotatable bonds is 6. The van der Waals surface area contributed by atoms with Crippen molar-refractivity contribution in [2.75, 3.05) is 25.1 Å². The molecule has 0 spiro atoms. The van der Waals surface area contributed by atoms with E-state index in [0.29, 0.717) is 36.7 Å². The van der Waals surface area contributed by atoms with E-state index < -0.39 is 5.92 Å². The lowest BCUT2D eigenvalue weighted by atomic mass is 10.1. The quantitative estimate of drug-likeness (QED) is 0.851. The van der Waals surface area contributed by atoms with Gasteiger partial charge in [0, 0.05) is 32.1 Å². The fourth-order valence-electron chi connectivity index (χ4n) is 3.35. The fourth-order valence-corrected chi connectivity index (χ4v) is 3.35. The Labute approximate surface area is 159 Å². The van der Waals surface area contributed by atoms with E-state index in [1.165, 1.54) is 0 Å². The lowest BCUT2D eigenvalue weighted by molar-refractivity contribution is -0.135. The van der Waals surface area contributed by atoms with Crippen LogP contribution in [-0.2, 0) is 16.1 Å². The van der Waals surface area contributed by atoms with Gasteiger partial charge in [0.05, 0.1) is 18.2 Å². The van der Waals surface area contributed by atoms with Gasteiger partial charge in [0.1, 0.15) is 11.5 Å². The number of para-hydroxylation sites is 3. The van der Waals surface area contributed by atoms with Crippen molar-refractivity contribution < 1.29 is 19.4 Å². The highest BCUT2D eigenvalue weighted by Crippen LogP contribution is 2.33. The van der Waals surface area contributed by atoms with Crippen molar-refractivity contribution in [1.82, 2.24) is 4.90 Å². The van der Waals surface area contributed by atoms with Crippen molar-refractivity contribution in [1.29, 1.82) is 0 Å². The van der Waals surface area contributed by atoms with Crippen LogP contribution in [0.4, 0.5) is 5.69 Å². The Bertz CT molecular complexity index is 836. The second-order valence-corrected chi connectivity index (χ2v) is 6.63. The Hall–Kier alpha value is -3.02. The molecular formula is C21H24N2O4. The number of benzene rings is 2. The second-order valence-electron chi connectivity index (χ2n) is 6.63. The van der Waals surface area contributed by atoms with Crippen molar-refractivity contribution in [2.24, 2.45) is 5.92 Å². The second kappa shape index (κ2) is 8.12. The number of aromatic hydroxyl groups is 1. The lowest BCUT2D eigenvalue weighted by Gasteiger charge is -2.23. The summed E-state index contributed by atoms with van der Waals surface area (Å²) in [6.07, 6.45) is 0.171. The van der Waals surface area contributed by atoms with Crippen LogP contribution in [0.25, 0.3) is 0 Å². The number of carbonyl (C=O) groups is 2. The fraction of sp³-hybridized carbons (Fsp3) is 0.333. The molecule has 0 aromatic heterocycles. The molecule has 1 atom stereocenters. The minimum atomic E-state index is -0.414. The molecule has 0 bridgehead atoms. The summed E-state index contributed by atoms with van der Waals surface area (Å²) in [5.74, 6) is 0.193. The highest BCUT2D eigenvalue weighted by molar-refractivity contribution is 6.01. The largest absolute Gasteiger partial charge is 0.508 e. The molecule has 6 heteroatoms. The Balaban J connectivity index is 1.71. The number of nitrogens with zero attached hydrogens (tertiary/aromatic N) is 2. The number of phenolic OH excluding ortho intramolecular Hbond substituents is 1. The van der Waals surface area contributed by atoms with Gasteiger partial charge in [-0.2, -0.15) is 0 Å². The Morgan fingerprint density at radius 1 is 1.22 bits per heavy atom. The van der Waals surface area contributed by atoms with Crippen LogP contribution in [0.15, 0.2) is 48.5 Å². The Morgan fingerprint density at radius 2 is 1.93 bits per heavy atom. The van der Waals surface area contributed by atoms with E-state index in [-0.39, 0.29) is 24.0 Å². The molecule has 1 saturated heterocycles. The molecule has 0 aliphatic carbocycles. The van der Waals surface area contributed by atoms with Crippen LogP contribution >= 0.6 is 0 Å². The Morgan fingerprint density at radius 3 is 2.67 bits per heavy atom. The first-order chi connectivity index (χ1) is 13.0. The Kier molecular flexibility index (Phi) is 5.64. The van der Waals surface area contributed by atoms with Gasteiger partial charge in [-0.05, 0) is 25.1 Å². The number of hydrogen-bond acceptors (Lipinski definition) is 4. The molecule has 2 aromatic carbocycles. The SMILES string of the molecule is CCOc1ccccc1N1CC(C(=O)N(C)Cc2ccccc2O)CC1=O. The first kappa shape index (κ1) is 18.8. The zero-order valence-electron chi connectivity index (χ0n) is 15.6. The predicted octanol–water partition coefficient (Wildman–Crippen LogP) is 2.80. The maximum absolute atomic E-state index is 12.8. The van der Waals surface area contributed by atoms with Crippen molar-refractivity contribution in [3.63, 3.8) is 0 Å². The number of ether oxygens (including phenoxy) is 1. The van der Waals surface area contributed by atoms with Gasteiger partial charge in [-0.3, -0.25) is 9.59 Å². The molecular weight excluding hydrogens is 344 g/mol. The van der Waals surface area contributed by atoms with Crippen LogP contribution in [0.3, 0.4) is 0 Å². The molecule has 1 unspecified atom stereocenters. The van der Waals surface area contributed by atoms with Crippen LogP contribution in [0.5, 0.6) is 11.5 Å². The summed E-state index contributed by atoms with van der Waals surface area (Å²) in [7, 11) is 1.69. The van der Waals surface area contributed by atoms with Gasteiger partial charge in [-0.1, -0.05) is 30.3 Å². The van der Waals surface area contributed by atoms with Gasteiger partial charge in [0.25, 0.3) is 0 Å². The van der Waals surface area contributed by atoms with E-state index in [0.717, 1.165) is 0 Å². The summed E-state index contributed by atoms with van der Waals surface area (Å²) in [6.45, 7) is 3.02. The highest BCUT2D eigenvalue weighted by Gasteiger charge is 2.37. The molecule has 1 heterocycles. The van der Waals surface area contributed by atoms with E-state index in [1.54, 1.807) is 35.0 Å². The minimum Gasteiger partial charge on any atom is -0.508 e. The van der Waals surface area contributed by atoms with E-state index >= 15 is 0 Å². The first-order valence-electron chi connectivity index (χ1n) is 9.05.